The standard InChI is InChI=1S/C20H19BrN4O5/c1-12-17(21)11-24(23-12)13(2)20(26)22-14-8-15(25(27)28)10-16(9-14)30-19-7-5-4-6-18(19)29-3/h4-11,13H,1-3H3,(H,22,26). The van der Waals surface area contributed by atoms with Gasteiger partial charge in [0.25, 0.3) is 5.69 Å². The van der Waals surface area contributed by atoms with Crippen molar-refractivity contribution in [2.24, 2.45) is 0 Å². The Bertz CT molecular complexity index is 1080. The lowest BCUT2D eigenvalue weighted by molar-refractivity contribution is -0.384. The van der Waals surface area contributed by atoms with Gasteiger partial charge in [0.2, 0.25) is 5.91 Å². The molecule has 3 rings (SSSR count). The number of rotatable bonds is 7. The van der Waals surface area contributed by atoms with Crippen molar-refractivity contribution in [2.75, 3.05) is 12.4 Å². The monoisotopic (exact) mass is 474 g/mol. The van der Waals surface area contributed by atoms with Crippen LogP contribution in [0.3, 0.4) is 0 Å². The van der Waals surface area contributed by atoms with Crippen molar-refractivity contribution in [2.45, 2.75) is 19.9 Å². The molecule has 0 aliphatic heterocycles. The van der Waals surface area contributed by atoms with E-state index in [4.69, 9.17) is 9.47 Å². The number of hydrogen-bond donors (Lipinski definition) is 1. The van der Waals surface area contributed by atoms with Gasteiger partial charge in [0.15, 0.2) is 11.5 Å². The molecule has 0 fully saturated rings. The fourth-order valence-corrected chi connectivity index (χ4v) is 2.96. The summed E-state index contributed by atoms with van der Waals surface area (Å²) in [6, 6.07) is 10.3. The average molecular weight is 475 g/mol. The minimum atomic E-state index is -0.632. The maximum atomic E-state index is 12.7. The van der Waals surface area contributed by atoms with Crippen LogP contribution in [0.25, 0.3) is 0 Å². The Morgan fingerprint density at radius 3 is 2.57 bits per heavy atom. The van der Waals surface area contributed by atoms with Crippen LogP contribution in [0.1, 0.15) is 18.7 Å². The predicted molar refractivity (Wildman–Crippen MR) is 114 cm³/mol. The molecule has 1 unspecified atom stereocenters. The van der Waals surface area contributed by atoms with Gasteiger partial charge in [-0.25, -0.2) is 0 Å². The Hall–Kier alpha value is -3.40. The van der Waals surface area contributed by atoms with E-state index in [1.165, 1.54) is 30.0 Å². The predicted octanol–water partition coefficient (Wildman–Crippen LogP) is 4.86. The quantitative estimate of drug-likeness (QED) is 0.386. The topological polar surface area (TPSA) is 109 Å². The molecule has 1 heterocycles. The molecule has 10 heteroatoms. The van der Waals surface area contributed by atoms with Gasteiger partial charge in [-0.15, -0.1) is 0 Å². The van der Waals surface area contributed by atoms with E-state index in [2.05, 4.69) is 26.3 Å². The molecule has 0 saturated carbocycles. The number of amides is 1. The van der Waals surface area contributed by atoms with Gasteiger partial charge in [-0.05, 0) is 41.9 Å². The molecule has 0 radical (unpaired) electrons. The summed E-state index contributed by atoms with van der Waals surface area (Å²) in [6.45, 7) is 3.49. The molecule has 1 N–H and O–H groups in total. The summed E-state index contributed by atoms with van der Waals surface area (Å²) < 4.78 is 13.3. The van der Waals surface area contributed by atoms with Crippen LogP contribution in [0.4, 0.5) is 11.4 Å². The summed E-state index contributed by atoms with van der Waals surface area (Å²) in [5.41, 5.74) is 0.759. The summed E-state index contributed by atoms with van der Waals surface area (Å²) in [4.78, 5) is 23.5. The Morgan fingerprint density at radius 2 is 1.97 bits per heavy atom. The van der Waals surface area contributed by atoms with E-state index in [1.807, 2.05) is 6.92 Å². The zero-order valence-electron chi connectivity index (χ0n) is 16.5. The highest BCUT2D eigenvalue weighted by Crippen LogP contribution is 2.34. The Balaban J connectivity index is 1.87. The molecule has 0 spiro atoms. The number of halogens is 1. The van der Waals surface area contributed by atoms with Crippen molar-refractivity contribution in [3.8, 4) is 17.2 Å². The van der Waals surface area contributed by atoms with Gasteiger partial charge in [0.05, 0.1) is 34.0 Å². The number of nitro benzene ring substituents is 1. The minimum Gasteiger partial charge on any atom is -0.493 e. The third-order valence-corrected chi connectivity index (χ3v) is 5.08. The number of ether oxygens (including phenoxy) is 2. The number of hydrogen-bond acceptors (Lipinski definition) is 6. The van der Waals surface area contributed by atoms with Crippen molar-refractivity contribution >= 4 is 33.2 Å². The largest absolute Gasteiger partial charge is 0.493 e. The maximum absolute atomic E-state index is 12.7. The summed E-state index contributed by atoms with van der Waals surface area (Å²) in [5, 5.41) is 18.3. The lowest BCUT2D eigenvalue weighted by Crippen LogP contribution is -2.24. The molecule has 0 aliphatic carbocycles. The molecule has 1 atom stereocenters. The lowest BCUT2D eigenvalue weighted by Gasteiger charge is -2.14. The molecule has 2 aromatic carbocycles. The number of benzene rings is 2. The Kier molecular flexibility index (Phi) is 6.36. The van der Waals surface area contributed by atoms with E-state index in [1.54, 1.807) is 37.4 Å². The fraction of sp³-hybridized carbons (Fsp3) is 0.200. The molecule has 1 aromatic heterocycles. The van der Waals surface area contributed by atoms with Crippen LogP contribution in [-0.2, 0) is 4.79 Å². The average Bonchev–Trinajstić information content (AvgIpc) is 3.06. The number of anilines is 1. The SMILES string of the molecule is COc1ccccc1Oc1cc(NC(=O)C(C)n2cc(Br)c(C)n2)cc([N+](=O)[O-])c1. The molecule has 30 heavy (non-hydrogen) atoms. The minimum absolute atomic E-state index is 0.189. The normalized spacial score (nSPS) is 11.6. The number of nitrogens with one attached hydrogen (secondary N) is 1. The number of carbonyl (C=O) groups is 1. The van der Waals surface area contributed by atoms with Gasteiger partial charge in [-0.1, -0.05) is 12.1 Å². The number of aryl methyl sites for hydroxylation is 1. The second-order valence-electron chi connectivity index (χ2n) is 6.43. The third kappa shape index (κ3) is 4.77. The van der Waals surface area contributed by atoms with Crippen LogP contribution < -0.4 is 14.8 Å². The number of methoxy groups -OCH3 is 1. The second-order valence-corrected chi connectivity index (χ2v) is 7.29. The van der Waals surface area contributed by atoms with Crippen LogP contribution in [0, 0.1) is 17.0 Å². The van der Waals surface area contributed by atoms with Crippen molar-refractivity contribution < 1.29 is 19.2 Å². The first-order valence-electron chi connectivity index (χ1n) is 8.91. The number of aromatic nitrogens is 2. The van der Waals surface area contributed by atoms with Gasteiger partial charge in [-0.2, -0.15) is 5.10 Å². The van der Waals surface area contributed by atoms with E-state index < -0.39 is 11.0 Å². The van der Waals surface area contributed by atoms with Crippen LogP contribution in [0.5, 0.6) is 17.2 Å². The van der Waals surface area contributed by atoms with Gasteiger partial charge in [0, 0.05) is 18.3 Å². The summed E-state index contributed by atoms with van der Waals surface area (Å²) >= 11 is 3.36. The third-order valence-electron chi connectivity index (χ3n) is 4.30. The van der Waals surface area contributed by atoms with Crippen molar-refractivity contribution in [3.63, 3.8) is 0 Å². The highest BCUT2D eigenvalue weighted by molar-refractivity contribution is 9.10. The van der Waals surface area contributed by atoms with Crippen molar-refractivity contribution in [1.29, 1.82) is 0 Å². The van der Waals surface area contributed by atoms with Gasteiger partial charge in [-0.3, -0.25) is 19.6 Å². The van der Waals surface area contributed by atoms with Gasteiger partial charge in [0.1, 0.15) is 11.8 Å². The molecular formula is C20H19BrN4O5. The van der Waals surface area contributed by atoms with Gasteiger partial charge >= 0.3 is 0 Å². The Labute approximate surface area is 180 Å². The highest BCUT2D eigenvalue weighted by atomic mass is 79.9. The first kappa shape index (κ1) is 21.3. The van der Waals surface area contributed by atoms with Crippen LogP contribution in [0.15, 0.2) is 53.1 Å². The molecule has 0 saturated heterocycles. The number of carbonyl (C=O) groups excluding carboxylic acids is 1. The maximum Gasteiger partial charge on any atom is 0.275 e. The first-order valence-corrected chi connectivity index (χ1v) is 9.70. The summed E-state index contributed by atoms with van der Waals surface area (Å²) in [5.74, 6) is 0.675. The molecule has 0 bridgehead atoms. The first-order chi connectivity index (χ1) is 14.3. The van der Waals surface area contributed by atoms with Crippen molar-refractivity contribution in [1.82, 2.24) is 9.78 Å². The van der Waals surface area contributed by atoms with E-state index in [9.17, 15) is 14.9 Å². The molecule has 1 amide bonds. The smallest absolute Gasteiger partial charge is 0.275 e. The zero-order chi connectivity index (χ0) is 21.8. The van der Waals surface area contributed by atoms with Crippen LogP contribution >= 0.6 is 15.9 Å². The highest BCUT2D eigenvalue weighted by Gasteiger charge is 2.19. The van der Waals surface area contributed by atoms with E-state index in [0.29, 0.717) is 11.5 Å². The van der Waals surface area contributed by atoms with Crippen LogP contribution in [0.2, 0.25) is 0 Å². The summed E-state index contributed by atoms with van der Waals surface area (Å²) in [6.07, 6.45) is 1.70. The molecule has 156 valence electrons. The molecule has 9 nitrogen and oxygen atoms in total. The Morgan fingerprint density at radius 1 is 1.27 bits per heavy atom. The van der Waals surface area contributed by atoms with E-state index >= 15 is 0 Å². The van der Waals surface area contributed by atoms with E-state index in [-0.39, 0.29) is 23.0 Å². The number of nitrogens with zero attached hydrogens (tertiary/aromatic N) is 3. The number of nitro groups is 1. The van der Waals surface area contributed by atoms with Gasteiger partial charge < -0.3 is 14.8 Å². The number of non-ortho nitro benzene ring substituents is 1. The molecule has 0 aliphatic rings. The fourth-order valence-electron chi connectivity index (χ4n) is 2.67. The molecule has 3 aromatic rings. The second kappa shape index (κ2) is 8.95. The van der Waals surface area contributed by atoms with E-state index in [0.717, 1.165) is 10.2 Å². The molecular weight excluding hydrogens is 456 g/mol. The van der Waals surface area contributed by atoms with Crippen LogP contribution in [-0.4, -0.2) is 27.7 Å². The zero-order valence-corrected chi connectivity index (χ0v) is 18.0. The summed E-state index contributed by atoms with van der Waals surface area (Å²) in [7, 11) is 1.50. The van der Waals surface area contributed by atoms with Crippen molar-refractivity contribution in [3.05, 3.63) is 68.9 Å². The number of para-hydroxylation sites is 2. The lowest BCUT2D eigenvalue weighted by atomic mass is 10.2.